The largest absolute Gasteiger partial charge is 0.465 e. The van der Waals surface area contributed by atoms with Crippen LogP contribution in [0.1, 0.15) is 28.3 Å². The van der Waals surface area contributed by atoms with Gasteiger partial charge in [0.25, 0.3) is 0 Å². The molecule has 9 heteroatoms. The lowest BCUT2D eigenvalue weighted by Gasteiger charge is -2.14. The van der Waals surface area contributed by atoms with Crippen molar-refractivity contribution in [2.45, 2.75) is 19.9 Å². The summed E-state index contributed by atoms with van der Waals surface area (Å²) >= 11 is 13.4. The number of nitrogens with zero attached hydrogens (tertiary/aromatic N) is 2. The van der Waals surface area contributed by atoms with E-state index in [4.69, 9.17) is 27.9 Å². The minimum Gasteiger partial charge on any atom is -0.465 e. The van der Waals surface area contributed by atoms with Crippen LogP contribution in [0, 0.1) is 6.92 Å². The number of methoxy groups -OCH3 is 1. The Kier molecular flexibility index (Phi) is 5.22. The molecule has 0 aliphatic carbocycles. The number of hydrogen-bond donors (Lipinski definition) is 1. The van der Waals surface area contributed by atoms with Crippen LogP contribution in [0.4, 0.5) is 5.69 Å². The molecule has 0 aliphatic heterocycles. The molecule has 0 bridgehead atoms. The number of benzene rings is 1. The zero-order valence-electron chi connectivity index (χ0n) is 14.2. The molecule has 0 saturated carbocycles. The number of amides is 1. The van der Waals surface area contributed by atoms with E-state index in [-0.39, 0.29) is 5.91 Å². The molecule has 1 aromatic carbocycles. The van der Waals surface area contributed by atoms with E-state index >= 15 is 0 Å². The van der Waals surface area contributed by atoms with E-state index in [0.717, 1.165) is 15.8 Å². The number of nitrogens with one attached hydrogen (secondary N) is 1. The highest BCUT2D eigenvalue weighted by Gasteiger charge is 2.21. The summed E-state index contributed by atoms with van der Waals surface area (Å²) in [4.78, 5) is 24.6. The second-order valence-electron chi connectivity index (χ2n) is 5.64. The predicted molar refractivity (Wildman–Crippen MR) is 103 cm³/mol. The van der Waals surface area contributed by atoms with Crippen molar-refractivity contribution >= 4 is 62.2 Å². The van der Waals surface area contributed by atoms with Gasteiger partial charge in [0.05, 0.1) is 29.0 Å². The summed E-state index contributed by atoms with van der Waals surface area (Å²) in [7, 11) is 1.31. The third-order valence-corrected chi connectivity index (χ3v) is 6.01. The van der Waals surface area contributed by atoms with Gasteiger partial charge in [-0.2, -0.15) is 5.10 Å². The fraction of sp³-hybridized carbons (Fsp3) is 0.235. The molecule has 1 unspecified atom stereocenters. The van der Waals surface area contributed by atoms with E-state index in [0.29, 0.717) is 20.6 Å². The second-order valence-corrected chi connectivity index (χ2v) is 7.47. The molecule has 0 saturated heterocycles. The van der Waals surface area contributed by atoms with Crippen molar-refractivity contribution in [1.29, 1.82) is 0 Å². The Morgan fingerprint density at radius 2 is 2.08 bits per heavy atom. The number of esters is 1. The molecule has 1 amide bonds. The molecule has 0 aliphatic rings. The van der Waals surface area contributed by atoms with E-state index < -0.39 is 12.0 Å². The van der Waals surface area contributed by atoms with Crippen molar-refractivity contribution in [3.63, 3.8) is 0 Å². The molecule has 3 rings (SSSR count). The Morgan fingerprint density at radius 3 is 2.69 bits per heavy atom. The van der Waals surface area contributed by atoms with Crippen LogP contribution in [-0.2, 0) is 9.53 Å². The highest BCUT2D eigenvalue weighted by Crippen LogP contribution is 2.37. The first-order valence-corrected chi connectivity index (χ1v) is 9.21. The maximum absolute atomic E-state index is 12.5. The van der Waals surface area contributed by atoms with Gasteiger partial charge in [0.1, 0.15) is 10.9 Å². The Balaban J connectivity index is 1.85. The first kappa shape index (κ1) is 18.7. The molecule has 136 valence electrons. The standard InChI is InChI=1S/C17H15Cl2N3O3S/c1-8-12(18)7-20-22(8)9(2)16(23)21-10-4-5-11-13(6-10)26-15(14(11)19)17(24)25-3/h4-7,9H,1-3H3,(H,21,23). The monoisotopic (exact) mass is 411 g/mol. The number of ether oxygens (including phenoxy) is 1. The zero-order valence-corrected chi connectivity index (χ0v) is 16.5. The van der Waals surface area contributed by atoms with Gasteiger partial charge in [-0.1, -0.05) is 23.2 Å². The van der Waals surface area contributed by atoms with E-state index in [1.807, 2.05) is 0 Å². The maximum Gasteiger partial charge on any atom is 0.349 e. The summed E-state index contributed by atoms with van der Waals surface area (Å²) in [6, 6.07) is 4.73. The number of thiophene rings is 1. The fourth-order valence-electron chi connectivity index (χ4n) is 2.52. The van der Waals surface area contributed by atoms with Crippen LogP contribution in [0.3, 0.4) is 0 Å². The van der Waals surface area contributed by atoms with Crippen LogP contribution in [0.5, 0.6) is 0 Å². The van der Waals surface area contributed by atoms with Gasteiger partial charge in [-0.15, -0.1) is 11.3 Å². The number of hydrogen-bond acceptors (Lipinski definition) is 5. The SMILES string of the molecule is COC(=O)c1sc2cc(NC(=O)C(C)n3ncc(Cl)c3C)ccc2c1Cl. The summed E-state index contributed by atoms with van der Waals surface area (Å²) in [5.41, 5.74) is 1.32. The minimum absolute atomic E-state index is 0.233. The van der Waals surface area contributed by atoms with E-state index in [9.17, 15) is 9.59 Å². The Bertz CT molecular complexity index is 1010. The lowest BCUT2D eigenvalue weighted by atomic mass is 10.2. The van der Waals surface area contributed by atoms with Gasteiger partial charge in [-0.05, 0) is 32.0 Å². The molecule has 2 aromatic heterocycles. The van der Waals surface area contributed by atoms with Crippen molar-refractivity contribution in [2.75, 3.05) is 12.4 Å². The van der Waals surface area contributed by atoms with Crippen LogP contribution in [0.15, 0.2) is 24.4 Å². The van der Waals surface area contributed by atoms with Crippen LogP contribution in [-0.4, -0.2) is 28.8 Å². The Labute approximate surface area is 163 Å². The lowest BCUT2D eigenvalue weighted by Crippen LogP contribution is -2.25. The first-order valence-electron chi connectivity index (χ1n) is 7.64. The third-order valence-electron chi connectivity index (χ3n) is 4.00. The first-order chi connectivity index (χ1) is 12.3. The summed E-state index contributed by atoms with van der Waals surface area (Å²) in [5, 5.41) is 8.57. The molecular weight excluding hydrogens is 397 g/mol. The van der Waals surface area contributed by atoms with Gasteiger partial charge in [0, 0.05) is 15.8 Å². The van der Waals surface area contributed by atoms with Crippen molar-refractivity contribution < 1.29 is 14.3 Å². The summed E-state index contributed by atoms with van der Waals surface area (Å²) < 4.78 is 7.07. The van der Waals surface area contributed by atoms with E-state index in [1.165, 1.54) is 24.6 Å². The summed E-state index contributed by atoms with van der Waals surface area (Å²) in [6.45, 7) is 3.54. The topological polar surface area (TPSA) is 73.2 Å². The van der Waals surface area contributed by atoms with Crippen molar-refractivity contribution in [3.05, 3.63) is 45.0 Å². The van der Waals surface area contributed by atoms with Gasteiger partial charge >= 0.3 is 5.97 Å². The van der Waals surface area contributed by atoms with E-state index in [2.05, 4.69) is 10.4 Å². The highest BCUT2D eigenvalue weighted by atomic mass is 35.5. The fourth-order valence-corrected chi connectivity index (χ4v) is 4.11. The van der Waals surface area contributed by atoms with Gasteiger partial charge in [-0.3, -0.25) is 9.48 Å². The molecule has 2 heterocycles. The smallest absolute Gasteiger partial charge is 0.349 e. The number of fused-ring (bicyclic) bond motifs is 1. The minimum atomic E-state index is -0.532. The highest BCUT2D eigenvalue weighted by molar-refractivity contribution is 7.21. The number of rotatable bonds is 4. The van der Waals surface area contributed by atoms with Gasteiger partial charge < -0.3 is 10.1 Å². The molecule has 3 aromatic rings. The second kappa shape index (κ2) is 7.26. The number of anilines is 1. The van der Waals surface area contributed by atoms with Crippen molar-refractivity contribution in [3.8, 4) is 0 Å². The lowest BCUT2D eigenvalue weighted by molar-refractivity contribution is -0.119. The summed E-state index contributed by atoms with van der Waals surface area (Å²) in [6.07, 6.45) is 1.51. The molecule has 0 radical (unpaired) electrons. The predicted octanol–water partition coefficient (Wildman–Crippen LogP) is 4.70. The normalized spacial score (nSPS) is 12.2. The Hall–Kier alpha value is -2.09. The number of carbonyl (C=O) groups is 2. The number of carbonyl (C=O) groups excluding carboxylic acids is 2. The van der Waals surface area contributed by atoms with Gasteiger partial charge in [0.2, 0.25) is 5.91 Å². The number of aromatic nitrogens is 2. The number of halogens is 2. The van der Waals surface area contributed by atoms with E-state index in [1.54, 1.807) is 36.7 Å². The van der Waals surface area contributed by atoms with Gasteiger partial charge in [0.15, 0.2) is 0 Å². The average Bonchev–Trinajstić information content (AvgIpc) is 3.13. The van der Waals surface area contributed by atoms with Crippen LogP contribution in [0.2, 0.25) is 10.0 Å². The molecule has 0 spiro atoms. The third kappa shape index (κ3) is 3.30. The zero-order chi connectivity index (χ0) is 19.0. The van der Waals surface area contributed by atoms with Crippen LogP contribution < -0.4 is 5.32 Å². The quantitative estimate of drug-likeness (QED) is 0.631. The summed E-state index contributed by atoms with van der Waals surface area (Å²) in [5.74, 6) is -0.718. The van der Waals surface area contributed by atoms with Crippen LogP contribution >= 0.6 is 34.5 Å². The van der Waals surface area contributed by atoms with Crippen molar-refractivity contribution in [1.82, 2.24) is 9.78 Å². The van der Waals surface area contributed by atoms with Crippen LogP contribution in [0.25, 0.3) is 10.1 Å². The molecule has 6 nitrogen and oxygen atoms in total. The molecular formula is C17H15Cl2N3O3S. The van der Waals surface area contributed by atoms with Gasteiger partial charge in [-0.25, -0.2) is 4.79 Å². The maximum atomic E-state index is 12.5. The molecule has 1 atom stereocenters. The Morgan fingerprint density at radius 1 is 1.35 bits per heavy atom. The molecule has 26 heavy (non-hydrogen) atoms. The average molecular weight is 412 g/mol. The van der Waals surface area contributed by atoms with Crippen molar-refractivity contribution in [2.24, 2.45) is 0 Å². The molecule has 0 fully saturated rings. The molecule has 1 N–H and O–H groups in total.